The molecule has 0 saturated carbocycles. The second-order valence-corrected chi connectivity index (χ2v) is 5.29. The van der Waals surface area contributed by atoms with Crippen LogP contribution < -0.4 is 10.5 Å². The summed E-state index contributed by atoms with van der Waals surface area (Å²) in [5.74, 6) is 0.902. The molecule has 0 spiro atoms. The zero-order valence-corrected chi connectivity index (χ0v) is 12.3. The van der Waals surface area contributed by atoms with E-state index in [1.807, 2.05) is 12.1 Å². The molecule has 1 unspecified atom stereocenters. The fourth-order valence-electron chi connectivity index (χ4n) is 2.02. The van der Waals surface area contributed by atoms with Gasteiger partial charge in [-0.05, 0) is 43.0 Å². The minimum absolute atomic E-state index is 0.245. The zero-order valence-electron chi connectivity index (χ0n) is 12.3. The van der Waals surface area contributed by atoms with Crippen LogP contribution in [0.2, 0.25) is 0 Å². The van der Waals surface area contributed by atoms with Gasteiger partial charge in [0.05, 0.1) is 0 Å². The molecule has 2 aromatic carbocycles. The lowest BCUT2D eigenvalue weighted by Crippen LogP contribution is -2.21. The minimum atomic E-state index is 0.245. The molecule has 2 heteroatoms. The predicted molar refractivity (Wildman–Crippen MR) is 83.9 cm³/mol. The van der Waals surface area contributed by atoms with E-state index in [1.165, 1.54) is 16.7 Å². The van der Waals surface area contributed by atoms with E-state index in [1.54, 1.807) is 0 Å². The number of nitrogens with two attached hydrogens (primary N) is 1. The van der Waals surface area contributed by atoms with Crippen molar-refractivity contribution in [1.29, 1.82) is 0 Å². The molecule has 20 heavy (non-hydrogen) atoms. The largest absolute Gasteiger partial charge is 0.489 e. The van der Waals surface area contributed by atoms with Crippen molar-refractivity contribution in [2.24, 2.45) is 5.73 Å². The molecule has 0 aliphatic rings. The second-order valence-electron chi connectivity index (χ2n) is 5.29. The van der Waals surface area contributed by atoms with Crippen LogP contribution in [0.1, 0.15) is 30.0 Å². The molecule has 0 saturated heterocycles. The maximum atomic E-state index is 5.96. The van der Waals surface area contributed by atoms with Crippen LogP contribution in [0.25, 0.3) is 0 Å². The van der Waals surface area contributed by atoms with Crippen LogP contribution in [0.15, 0.2) is 48.5 Å². The summed E-state index contributed by atoms with van der Waals surface area (Å²) >= 11 is 0. The Morgan fingerprint density at radius 1 is 0.950 bits per heavy atom. The predicted octanol–water partition coefficient (Wildman–Crippen LogP) is 3.85. The van der Waals surface area contributed by atoms with Crippen molar-refractivity contribution >= 4 is 0 Å². The van der Waals surface area contributed by atoms with Gasteiger partial charge in [0.15, 0.2) is 0 Å². The summed E-state index contributed by atoms with van der Waals surface area (Å²) in [5, 5.41) is 0. The van der Waals surface area contributed by atoms with E-state index in [2.05, 4.69) is 50.2 Å². The number of rotatable bonds is 6. The van der Waals surface area contributed by atoms with Crippen molar-refractivity contribution < 1.29 is 4.74 Å². The van der Waals surface area contributed by atoms with Crippen molar-refractivity contribution in [2.45, 2.75) is 39.3 Å². The normalized spacial score (nSPS) is 12.2. The standard InChI is InChI=1S/C18H23NO/c1-3-17(19)12-15-8-10-18(11-9-15)20-13-16-6-4-14(2)5-7-16/h4-11,17H,3,12-13,19H2,1-2H3. The van der Waals surface area contributed by atoms with Gasteiger partial charge in [0, 0.05) is 6.04 Å². The molecule has 2 aromatic rings. The number of aryl methyl sites for hydroxylation is 1. The van der Waals surface area contributed by atoms with Crippen molar-refractivity contribution in [3.05, 3.63) is 65.2 Å². The third kappa shape index (κ3) is 4.39. The first-order chi connectivity index (χ1) is 9.67. The Labute approximate surface area is 121 Å². The zero-order chi connectivity index (χ0) is 14.4. The van der Waals surface area contributed by atoms with E-state index >= 15 is 0 Å². The lowest BCUT2D eigenvalue weighted by Gasteiger charge is -2.10. The fraction of sp³-hybridized carbons (Fsp3) is 0.333. The van der Waals surface area contributed by atoms with E-state index in [9.17, 15) is 0 Å². The lowest BCUT2D eigenvalue weighted by atomic mass is 10.0. The summed E-state index contributed by atoms with van der Waals surface area (Å²) in [6, 6.07) is 16.9. The van der Waals surface area contributed by atoms with Gasteiger partial charge in [-0.3, -0.25) is 0 Å². The maximum absolute atomic E-state index is 5.96. The number of ether oxygens (including phenoxy) is 1. The average Bonchev–Trinajstić information content (AvgIpc) is 2.48. The third-order valence-electron chi connectivity index (χ3n) is 3.47. The summed E-state index contributed by atoms with van der Waals surface area (Å²) in [6.07, 6.45) is 1.93. The van der Waals surface area contributed by atoms with Gasteiger partial charge < -0.3 is 10.5 Å². The first-order valence-corrected chi connectivity index (χ1v) is 7.20. The van der Waals surface area contributed by atoms with E-state index in [-0.39, 0.29) is 6.04 Å². The average molecular weight is 269 g/mol. The summed E-state index contributed by atoms with van der Waals surface area (Å²) in [7, 11) is 0. The summed E-state index contributed by atoms with van der Waals surface area (Å²) < 4.78 is 5.79. The van der Waals surface area contributed by atoms with Gasteiger partial charge in [-0.25, -0.2) is 0 Å². The molecule has 2 nitrogen and oxygen atoms in total. The van der Waals surface area contributed by atoms with Gasteiger partial charge in [0.2, 0.25) is 0 Å². The van der Waals surface area contributed by atoms with Crippen LogP contribution in [0.4, 0.5) is 0 Å². The summed E-state index contributed by atoms with van der Waals surface area (Å²) in [4.78, 5) is 0. The van der Waals surface area contributed by atoms with Crippen LogP contribution >= 0.6 is 0 Å². The van der Waals surface area contributed by atoms with Gasteiger partial charge >= 0.3 is 0 Å². The van der Waals surface area contributed by atoms with Crippen LogP contribution in [-0.4, -0.2) is 6.04 Å². The highest BCUT2D eigenvalue weighted by molar-refractivity contribution is 5.28. The van der Waals surface area contributed by atoms with E-state index in [4.69, 9.17) is 10.5 Å². The first-order valence-electron chi connectivity index (χ1n) is 7.20. The second kappa shape index (κ2) is 7.11. The van der Waals surface area contributed by atoms with Crippen molar-refractivity contribution in [2.75, 3.05) is 0 Å². The molecule has 106 valence electrons. The molecule has 2 rings (SSSR count). The Balaban J connectivity index is 1.89. The highest BCUT2D eigenvalue weighted by Gasteiger charge is 2.02. The SMILES string of the molecule is CCC(N)Cc1ccc(OCc2ccc(C)cc2)cc1. The highest BCUT2D eigenvalue weighted by Crippen LogP contribution is 2.15. The Morgan fingerprint density at radius 3 is 2.15 bits per heavy atom. The first kappa shape index (κ1) is 14.6. The Kier molecular flexibility index (Phi) is 5.19. The van der Waals surface area contributed by atoms with Gasteiger partial charge in [0.25, 0.3) is 0 Å². The summed E-state index contributed by atoms with van der Waals surface area (Å²) in [5.41, 5.74) is 9.68. The molecule has 0 fully saturated rings. The van der Waals surface area contributed by atoms with E-state index < -0.39 is 0 Å². The van der Waals surface area contributed by atoms with Crippen LogP contribution in [0.3, 0.4) is 0 Å². The Hall–Kier alpha value is -1.80. The molecular formula is C18H23NO. The molecule has 1 atom stereocenters. The topological polar surface area (TPSA) is 35.2 Å². The summed E-state index contributed by atoms with van der Waals surface area (Å²) in [6.45, 7) is 4.81. The van der Waals surface area contributed by atoms with E-state index in [0.717, 1.165) is 18.6 Å². The van der Waals surface area contributed by atoms with Crippen molar-refractivity contribution in [3.8, 4) is 5.75 Å². The molecule has 2 N–H and O–H groups in total. The number of hydrogen-bond donors (Lipinski definition) is 1. The number of benzene rings is 2. The monoisotopic (exact) mass is 269 g/mol. The quantitative estimate of drug-likeness (QED) is 0.864. The molecule has 0 amide bonds. The molecule has 0 radical (unpaired) electrons. The van der Waals surface area contributed by atoms with Gasteiger partial charge in [-0.1, -0.05) is 48.9 Å². The molecule has 0 aromatic heterocycles. The molecule has 0 aliphatic carbocycles. The fourth-order valence-corrected chi connectivity index (χ4v) is 2.02. The van der Waals surface area contributed by atoms with Gasteiger partial charge in [-0.15, -0.1) is 0 Å². The van der Waals surface area contributed by atoms with Crippen molar-refractivity contribution in [3.63, 3.8) is 0 Å². The van der Waals surface area contributed by atoms with Gasteiger partial charge in [0.1, 0.15) is 12.4 Å². The maximum Gasteiger partial charge on any atom is 0.119 e. The Bertz CT molecular complexity index is 516. The van der Waals surface area contributed by atoms with Crippen molar-refractivity contribution in [1.82, 2.24) is 0 Å². The lowest BCUT2D eigenvalue weighted by molar-refractivity contribution is 0.306. The number of hydrogen-bond acceptors (Lipinski definition) is 2. The molecule has 0 bridgehead atoms. The van der Waals surface area contributed by atoms with Crippen LogP contribution in [0, 0.1) is 6.92 Å². The molecule has 0 aliphatic heterocycles. The van der Waals surface area contributed by atoms with Crippen LogP contribution in [-0.2, 0) is 13.0 Å². The molecule has 0 heterocycles. The smallest absolute Gasteiger partial charge is 0.119 e. The highest BCUT2D eigenvalue weighted by atomic mass is 16.5. The molecular weight excluding hydrogens is 246 g/mol. The minimum Gasteiger partial charge on any atom is -0.489 e. The third-order valence-corrected chi connectivity index (χ3v) is 3.47. The van der Waals surface area contributed by atoms with E-state index in [0.29, 0.717) is 6.61 Å². The Morgan fingerprint density at radius 2 is 1.55 bits per heavy atom. The van der Waals surface area contributed by atoms with Crippen LogP contribution in [0.5, 0.6) is 5.75 Å². The van der Waals surface area contributed by atoms with Gasteiger partial charge in [-0.2, -0.15) is 0 Å².